The summed E-state index contributed by atoms with van der Waals surface area (Å²) in [7, 11) is 1.23. The van der Waals surface area contributed by atoms with E-state index in [0.717, 1.165) is 0 Å². The van der Waals surface area contributed by atoms with Crippen molar-refractivity contribution in [3.8, 4) is 12.3 Å². The Hall–Kier alpha value is -1.54. The molecule has 1 atom stereocenters. The molecule has 5 heteroatoms. The van der Waals surface area contributed by atoms with Gasteiger partial charge in [-0.05, 0) is 0 Å². The van der Waals surface area contributed by atoms with Gasteiger partial charge in [-0.2, -0.15) is 0 Å². The van der Waals surface area contributed by atoms with Crippen LogP contribution in [-0.2, 0) is 19.1 Å². The lowest BCUT2D eigenvalue weighted by Crippen LogP contribution is -2.43. The van der Waals surface area contributed by atoms with E-state index in [0.29, 0.717) is 0 Å². The third-order valence-electron chi connectivity index (χ3n) is 1.33. The lowest BCUT2D eigenvalue weighted by molar-refractivity contribution is -0.146. The number of carbonyl (C=O) groups excluding carboxylic acids is 2. The highest BCUT2D eigenvalue weighted by atomic mass is 16.5. The summed E-state index contributed by atoms with van der Waals surface area (Å²) in [5.41, 5.74) is 0. The molecule has 1 amide bonds. The third-order valence-corrected chi connectivity index (χ3v) is 1.33. The fourth-order valence-corrected chi connectivity index (χ4v) is 0.792. The summed E-state index contributed by atoms with van der Waals surface area (Å²) in [6, 6.07) is -0.800. The number of esters is 1. The highest BCUT2D eigenvalue weighted by Crippen LogP contribution is 1.90. The summed E-state index contributed by atoms with van der Waals surface area (Å²) in [4.78, 5) is 21.8. The molecule has 0 aliphatic carbocycles. The SMILES string of the molecule is C#CCOCC(NC(C)=O)C(=O)OC. The predicted molar refractivity (Wildman–Crippen MR) is 49.3 cm³/mol. The number of ether oxygens (including phenoxy) is 2. The van der Waals surface area contributed by atoms with Crippen molar-refractivity contribution >= 4 is 11.9 Å². The first-order valence-corrected chi connectivity index (χ1v) is 3.98. The molecule has 78 valence electrons. The van der Waals surface area contributed by atoms with Crippen LogP contribution in [0.15, 0.2) is 0 Å². The van der Waals surface area contributed by atoms with Crippen LogP contribution in [0, 0.1) is 12.3 Å². The van der Waals surface area contributed by atoms with Crippen molar-refractivity contribution in [2.24, 2.45) is 0 Å². The Bertz CT molecular complexity index is 244. The van der Waals surface area contributed by atoms with E-state index in [4.69, 9.17) is 11.2 Å². The van der Waals surface area contributed by atoms with Gasteiger partial charge in [0.1, 0.15) is 6.61 Å². The molecular weight excluding hydrogens is 186 g/mol. The number of rotatable bonds is 5. The molecule has 5 nitrogen and oxygen atoms in total. The van der Waals surface area contributed by atoms with Crippen molar-refractivity contribution in [2.45, 2.75) is 13.0 Å². The van der Waals surface area contributed by atoms with Gasteiger partial charge in [-0.1, -0.05) is 5.92 Å². The molecule has 0 fully saturated rings. The second kappa shape index (κ2) is 6.92. The molecule has 0 bridgehead atoms. The van der Waals surface area contributed by atoms with Gasteiger partial charge in [0.2, 0.25) is 5.91 Å². The molecular formula is C9H13NO4. The van der Waals surface area contributed by atoms with Crippen LogP contribution in [0.2, 0.25) is 0 Å². The molecule has 14 heavy (non-hydrogen) atoms. The topological polar surface area (TPSA) is 64.6 Å². The van der Waals surface area contributed by atoms with Crippen LogP contribution in [0.4, 0.5) is 0 Å². The monoisotopic (exact) mass is 199 g/mol. The summed E-state index contributed by atoms with van der Waals surface area (Å²) >= 11 is 0. The van der Waals surface area contributed by atoms with E-state index < -0.39 is 12.0 Å². The van der Waals surface area contributed by atoms with Crippen LogP contribution in [0.25, 0.3) is 0 Å². The molecule has 0 rings (SSSR count). The van der Waals surface area contributed by atoms with Gasteiger partial charge >= 0.3 is 5.97 Å². The number of hydrogen-bond acceptors (Lipinski definition) is 4. The fourth-order valence-electron chi connectivity index (χ4n) is 0.792. The molecule has 0 aromatic heterocycles. The van der Waals surface area contributed by atoms with Crippen LogP contribution < -0.4 is 5.32 Å². The molecule has 0 saturated heterocycles. The van der Waals surface area contributed by atoms with Gasteiger partial charge in [-0.25, -0.2) is 4.79 Å². The first-order valence-electron chi connectivity index (χ1n) is 3.98. The van der Waals surface area contributed by atoms with Crippen LogP contribution in [0.3, 0.4) is 0 Å². The standard InChI is InChI=1S/C9H13NO4/c1-4-5-14-6-8(9(12)13-3)10-7(2)11/h1,8H,5-6H2,2-3H3,(H,10,11). The molecule has 0 aliphatic heterocycles. The second-order valence-electron chi connectivity index (χ2n) is 2.50. The number of terminal acetylenes is 1. The molecule has 1 N–H and O–H groups in total. The van der Waals surface area contributed by atoms with Gasteiger partial charge in [0.05, 0.1) is 13.7 Å². The van der Waals surface area contributed by atoms with Crippen LogP contribution in [0.5, 0.6) is 0 Å². The Morgan fingerprint density at radius 2 is 2.21 bits per heavy atom. The minimum atomic E-state index is -0.800. The highest BCUT2D eigenvalue weighted by molar-refractivity contribution is 5.83. The summed E-state index contributed by atoms with van der Waals surface area (Å²) < 4.78 is 9.38. The maximum atomic E-state index is 11.1. The van der Waals surface area contributed by atoms with Crippen LogP contribution in [0.1, 0.15) is 6.92 Å². The molecule has 0 aromatic rings. The Morgan fingerprint density at radius 1 is 1.57 bits per heavy atom. The summed E-state index contributed by atoms with van der Waals surface area (Å²) in [6.07, 6.45) is 4.95. The van der Waals surface area contributed by atoms with Gasteiger partial charge in [0.15, 0.2) is 6.04 Å². The number of nitrogens with one attached hydrogen (secondary N) is 1. The Kier molecular flexibility index (Phi) is 6.16. The maximum absolute atomic E-state index is 11.1. The van der Waals surface area contributed by atoms with Crippen molar-refractivity contribution in [2.75, 3.05) is 20.3 Å². The van der Waals surface area contributed by atoms with Gasteiger partial charge in [0, 0.05) is 6.92 Å². The number of carbonyl (C=O) groups is 2. The van der Waals surface area contributed by atoms with Gasteiger partial charge in [0.25, 0.3) is 0 Å². The number of hydrogen-bond donors (Lipinski definition) is 1. The van der Waals surface area contributed by atoms with E-state index in [1.807, 2.05) is 0 Å². The Morgan fingerprint density at radius 3 is 2.64 bits per heavy atom. The molecule has 0 aliphatic rings. The zero-order valence-corrected chi connectivity index (χ0v) is 8.20. The van der Waals surface area contributed by atoms with Gasteiger partial charge in [-0.15, -0.1) is 6.42 Å². The van der Waals surface area contributed by atoms with E-state index >= 15 is 0 Å². The summed E-state index contributed by atoms with van der Waals surface area (Å²) in [5, 5.41) is 2.38. The van der Waals surface area contributed by atoms with Crippen molar-refractivity contribution in [3.63, 3.8) is 0 Å². The molecule has 1 unspecified atom stereocenters. The van der Waals surface area contributed by atoms with Crippen LogP contribution >= 0.6 is 0 Å². The van der Waals surface area contributed by atoms with E-state index in [-0.39, 0.29) is 19.1 Å². The average molecular weight is 199 g/mol. The minimum Gasteiger partial charge on any atom is -0.467 e. The lowest BCUT2D eigenvalue weighted by Gasteiger charge is -2.14. The van der Waals surface area contributed by atoms with Crippen molar-refractivity contribution in [1.82, 2.24) is 5.32 Å². The third kappa shape index (κ3) is 5.17. The first kappa shape index (κ1) is 12.5. The normalized spacial score (nSPS) is 11.2. The molecule has 0 radical (unpaired) electrons. The average Bonchev–Trinajstić information content (AvgIpc) is 2.15. The predicted octanol–water partition coefficient (Wildman–Crippen LogP) is -0.686. The molecule has 0 heterocycles. The fraction of sp³-hybridized carbons (Fsp3) is 0.556. The van der Waals surface area contributed by atoms with Gasteiger partial charge in [-0.3, -0.25) is 4.79 Å². The van der Waals surface area contributed by atoms with E-state index in [1.54, 1.807) is 0 Å². The quantitative estimate of drug-likeness (QED) is 0.362. The maximum Gasteiger partial charge on any atom is 0.330 e. The largest absolute Gasteiger partial charge is 0.467 e. The smallest absolute Gasteiger partial charge is 0.330 e. The molecule has 0 aromatic carbocycles. The number of amides is 1. The Balaban J connectivity index is 4.05. The highest BCUT2D eigenvalue weighted by Gasteiger charge is 2.19. The van der Waals surface area contributed by atoms with Crippen molar-refractivity contribution < 1.29 is 19.1 Å². The molecule has 0 spiro atoms. The summed E-state index contributed by atoms with van der Waals surface area (Å²) in [6.45, 7) is 1.40. The van der Waals surface area contributed by atoms with Gasteiger partial charge < -0.3 is 14.8 Å². The van der Waals surface area contributed by atoms with E-state index in [9.17, 15) is 9.59 Å². The first-order chi connectivity index (χ1) is 6.61. The Labute approximate surface area is 82.8 Å². The number of methoxy groups -OCH3 is 1. The second-order valence-corrected chi connectivity index (χ2v) is 2.50. The summed E-state index contributed by atoms with van der Waals surface area (Å²) in [5.74, 6) is 1.36. The van der Waals surface area contributed by atoms with E-state index in [2.05, 4.69) is 16.0 Å². The van der Waals surface area contributed by atoms with Crippen molar-refractivity contribution in [3.05, 3.63) is 0 Å². The lowest BCUT2D eigenvalue weighted by atomic mass is 10.3. The molecule has 0 saturated carbocycles. The zero-order valence-electron chi connectivity index (χ0n) is 8.20. The van der Waals surface area contributed by atoms with Crippen LogP contribution in [-0.4, -0.2) is 38.2 Å². The minimum absolute atomic E-state index is 0.0104. The van der Waals surface area contributed by atoms with E-state index in [1.165, 1.54) is 14.0 Å². The zero-order chi connectivity index (χ0) is 11.0. The van der Waals surface area contributed by atoms with Crippen molar-refractivity contribution in [1.29, 1.82) is 0 Å².